The molecule has 0 aromatic carbocycles. The molecule has 3 aromatic heterocycles. The lowest BCUT2D eigenvalue weighted by Crippen LogP contribution is -2.25. The van der Waals surface area contributed by atoms with Gasteiger partial charge in [-0.1, -0.05) is 6.07 Å². The van der Waals surface area contributed by atoms with Gasteiger partial charge in [0.25, 0.3) is 0 Å². The SMILES string of the molecule is Cc1ccnc(-n2c(C)cc(C3C(c4ccccn4)NC(=S)N3C)c2C)c1. The van der Waals surface area contributed by atoms with Gasteiger partial charge in [-0.2, -0.15) is 0 Å². The normalized spacial score (nSPS) is 19.4. The molecule has 0 radical (unpaired) electrons. The van der Waals surface area contributed by atoms with Gasteiger partial charge >= 0.3 is 0 Å². The molecule has 0 saturated carbocycles. The Kier molecular flexibility index (Phi) is 4.44. The predicted octanol–water partition coefficient (Wildman–Crippen LogP) is 3.79. The summed E-state index contributed by atoms with van der Waals surface area (Å²) < 4.78 is 2.22. The number of likely N-dealkylation sites (N-methyl/N-ethyl adjacent to an activating group) is 1. The summed E-state index contributed by atoms with van der Waals surface area (Å²) in [7, 11) is 2.04. The zero-order chi connectivity index (χ0) is 19.1. The molecule has 1 saturated heterocycles. The summed E-state index contributed by atoms with van der Waals surface area (Å²) in [6.07, 6.45) is 3.69. The van der Waals surface area contributed by atoms with Crippen molar-refractivity contribution in [3.63, 3.8) is 0 Å². The van der Waals surface area contributed by atoms with E-state index >= 15 is 0 Å². The van der Waals surface area contributed by atoms with Crippen molar-refractivity contribution in [3.05, 3.63) is 77.0 Å². The molecular weight excluding hydrogens is 354 g/mol. The van der Waals surface area contributed by atoms with Crippen LogP contribution in [0.5, 0.6) is 0 Å². The molecular formula is C21H23N5S. The highest BCUT2D eigenvalue weighted by molar-refractivity contribution is 7.80. The second-order valence-corrected chi connectivity index (χ2v) is 7.48. The fourth-order valence-electron chi connectivity index (χ4n) is 3.93. The van der Waals surface area contributed by atoms with Gasteiger partial charge < -0.3 is 14.8 Å². The number of rotatable bonds is 3. The zero-order valence-corrected chi connectivity index (χ0v) is 16.8. The molecule has 1 aliphatic rings. The molecule has 1 fully saturated rings. The smallest absolute Gasteiger partial charge is 0.169 e. The van der Waals surface area contributed by atoms with Crippen LogP contribution in [0, 0.1) is 20.8 Å². The minimum Gasteiger partial charge on any atom is -0.352 e. The van der Waals surface area contributed by atoms with E-state index in [0.29, 0.717) is 0 Å². The van der Waals surface area contributed by atoms with Crippen LogP contribution in [0.2, 0.25) is 0 Å². The molecule has 5 nitrogen and oxygen atoms in total. The highest BCUT2D eigenvalue weighted by Crippen LogP contribution is 2.40. The van der Waals surface area contributed by atoms with Gasteiger partial charge in [0, 0.05) is 30.8 Å². The molecule has 0 aliphatic carbocycles. The first-order valence-electron chi connectivity index (χ1n) is 9.03. The third kappa shape index (κ3) is 3.00. The number of hydrogen-bond donors (Lipinski definition) is 1. The van der Waals surface area contributed by atoms with Crippen LogP contribution in [0.15, 0.2) is 48.8 Å². The maximum Gasteiger partial charge on any atom is 0.169 e. The fourth-order valence-corrected chi connectivity index (χ4v) is 4.17. The quantitative estimate of drug-likeness (QED) is 0.704. The van der Waals surface area contributed by atoms with Crippen LogP contribution >= 0.6 is 12.2 Å². The number of aryl methyl sites for hydroxylation is 2. The Hall–Kier alpha value is -2.73. The summed E-state index contributed by atoms with van der Waals surface area (Å²) in [4.78, 5) is 11.3. The zero-order valence-electron chi connectivity index (χ0n) is 16.0. The van der Waals surface area contributed by atoms with Crippen molar-refractivity contribution in [2.45, 2.75) is 32.9 Å². The van der Waals surface area contributed by atoms with Crippen molar-refractivity contribution >= 4 is 17.3 Å². The number of pyridine rings is 2. The summed E-state index contributed by atoms with van der Waals surface area (Å²) in [6.45, 7) is 6.36. The number of aromatic nitrogens is 3. The van der Waals surface area contributed by atoms with Gasteiger partial charge in [0.2, 0.25) is 0 Å². The first-order chi connectivity index (χ1) is 13.0. The molecule has 27 heavy (non-hydrogen) atoms. The first kappa shape index (κ1) is 17.7. The van der Waals surface area contributed by atoms with E-state index in [0.717, 1.165) is 22.3 Å². The lowest BCUT2D eigenvalue weighted by Gasteiger charge is -2.24. The molecule has 138 valence electrons. The summed E-state index contributed by atoms with van der Waals surface area (Å²) in [5, 5.41) is 4.19. The molecule has 2 unspecified atom stereocenters. The maximum absolute atomic E-state index is 5.56. The molecule has 6 heteroatoms. The van der Waals surface area contributed by atoms with E-state index in [1.807, 2.05) is 43.7 Å². The van der Waals surface area contributed by atoms with Gasteiger partial charge in [0.05, 0.1) is 17.8 Å². The maximum atomic E-state index is 5.56. The summed E-state index contributed by atoms with van der Waals surface area (Å²) in [6, 6.07) is 12.5. The molecule has 4 heterocycles. The van der Waals surface area contributed by atoms with Gasteiger partial charge in [-0.05, 0) is 74.4 Å². The highest BCUT2D eigenvalue weighted by atomic mass is 32.1. The van der Waals surface area contributed by atoms with Crippen LogP contribution in [0.4, 0.5) is 0 Å². The fraction of sp³-hybridized carbons (Fsp3) is 0.286. The average Bonchev–Trinajstić information content (AvgIpc) is 3.11. The average molecular weight is 378 g/mol. The van der Waals surface area contributed by atoms with Crippen LogP contribution in [-0.2, 0) is 0 Å². The molecule has 0 amide bonds. The summed E-state index contributed by atoms with van der Waals surface area (Å²) in [5.74, 6) is 0.946. The molecule has 4 rings (SSSR count). The largest absolute Gasteiger partial charge is 0.352 e. The summed E-state index contributed by atoms with van der Waals surface area (Å²) >= 11 is 5.56. The first-order valence-corrected chi connectivity index (χ1v) is 9.44. The van der Waals surface area contributed by atoms with E-state index in [9.17, 15) is 0 Å². The Morgan fingerprint density at radius 1 is 1.04 bits per heavy atom. The number of thiocarbonyl (C=S) groups is 1. The molecule has 0 bridgehead atoms. The van der Waals surface area contributed by atoms with Gasteiger partial charge in [0.15, 0.2) is 5.11 Å². The Bertz CT molecular complexity index is 995. The Labute approximate surface area is 165 Å². The van der Waals surface area contributed by atoms with E-state index in [1.165, 1.54) is 16.8 Å². The predicted molar refractivity (Wildman–Crippen MR) is 111 cm³/mol. The molecule has 1 N–H and O–H groups in total. The van der Waals surface area contributed by atoms with Gasteiger partial charge in [-0.25, -0.2) is 4.98 Å². The number of hydrogen-bond acceptors (Lipinski definition) is 3. The Morgan fingerprint density at radius 2 is 1.85 bits per heavy atom. The van der Waals surface area contributed by atoms with Crippen molar-refractivity contribution in [2.75, 3.05) is 7.05 Å². The van der Waals surface area contributed by atoms with E-state index in [4.69, 9.17) is 12.2 Å². The minimum atomic E-state index is 0.0168. The van der Waals surface area contributed by atoms with Crippen LogP contribution in [0.25, 0.3) is 5.82 Å². The Morgan fingerprint density at radius 3 is 2.56 bits per heavy atom. The Balaban J connectivity index is 1.82. The molecule has 3 aromatic rings. The molecule has 1 aliphatic heterocycles. The van der Waals surface area contributed by atoms with Crippen molar-refractivity contribution in [3.8, 4) is 5.82 Å². The third-order valence-corrected chi connectivity index (χ3v) is 5.66. The topological polar surface area (TPSA) is 46.0 Å². The van der Waals surface area contributed by atoms with Crippen LogP contribution in [-0.4, -0.2) is 31.6 Å². The van der Waals surface area contributed by atoms with Crippen LogP contribution < -0.4 is 5.32 Å². The van der Waals surface area contributed by atoms with Crippen molar-refractivity contribution in [2.24, 2.45) is 0 Å². The van der Waals surface area contributed by atoms with E-state index < -0.39 is 0 Å². The van der Waals surface area contributed by atoms with Gasteiger partial charge in [0.1, 0.15) is 5.82 Å². The van der Waals surface area contributed by atoms with Crippen molar-refractivity contribution in [1.29, 1.82) is 0 Å². The molecule has 2 atom stereocenters. The van der Waals surface area contributed by atoms with Crippen LogP contribution in [0.3, 0.4) is 0 Å². The number of nitrogens with one attached hydrogen (secondary N) is 1. The lowest BCUT2D eigenvalue weighted by atomic mass is 9.97. The van der Waals surface area contributed by atoms with Gasteiger partial charge in [-0.3, -0.25) is 4.98 Å². The summed E-state index contributed by atoms with van der Waals surface area (Å²) in [5.41, 5.74) is 5.76. The standard InChI is InChI=1S/C21H23N5S/c1-13-8-10-23-18(11-13)26-14(2)12-16(15(26)3)20-19(24-21(27)25(20)4)17-7-5-6-9-22-17/h5-12,19-20H,1-4H3,(H,24,27). The van der Waals surface area contributed by atoms with Gasteiger partial charge in [-0.15, -0.1) is 0 Å². The lowest BCUT2D eigenvalue weighted by molar-refractivity contribution is 0.367. The van der Waals surface area contributed by atoms with Crippen LogP contribution in [0.1, 0.15) is 40.3 Å². The van der Waals surface area contributed by atoms with E-state index in [2.05, 4.69) is 57.7 Å². The van der Waals surface area contributed by atoms with E-state index in [-0.39, 0.29) is 12.1 Å². The second kappa shape index (κ2) is 6.78. The van der Waals surface area contributed by atoms with E-state index in [1.54, 1.807) is 0 Å². The van der Waals surface area contributed by atoms with Crippen molar-refractivity contribution in [1.82, 2.24) is 24.8 Å². The molecule has 0 spiro atoms. The minimum absolute atomic E-state index is 0.0168. The van der Waals surface area contributed by atoms with Crippen molar-refractivity contribution < 1.29 is 0 Å². The number of nitrogens with zero attached hydrogens (tertiary/aromatic N) is 4. The second-order valence-electron chi connectivity index (χ2n) is 7.09. The monoisotopic (exact) mass is 377 g/mol. The third-order valence-electron chi connectivity index (χ3n) is 5.26. The highest BCUT2D eigenvalue weighted by Gasteiger charge is 2.39.